The molecule has 1 aromatic carbocycles. The van der Waals surface area contributed by atoms with Crippen LogP contribution in [0.25, 0.3) is 5.82 Å². The molecule has 3 rings (SSSR count). The van der Waals surface area contributed by atoms with Crippen molar-refractivity contribution in [1.29, 1.82) is 0 Å². The standard InChI is InChI=1S/C21H25FN6O/c1-3-23-21(25-14-16(2)29-19-7-5-18(22)6-8-19)26-15-17-9-11-24-20(13-17)28-12-4-10-27-28/h4-13,16H,3,14-15H2,1-2H3,(H2,23,25,26). The van der Waals surface area contributed by atoms with Gasteiger partial charge in [0.2, 0.25) is 0 Å². The minimum absolute atomic E-state index is 0.114. The molecule has 0 saturated carbocycles. The molecule has 29 heavy (non-hydrogen) atoms. The van der Waals surface area contributed by atoms with E-state index in [9.17, 15) is 4.39 Å². The first-order chi connectivity index (χ1) is 14.1. The highest BCUT2D eigenvalue weighted by Gasteiger charge is 2.06. The lowest BCUT2D eigenvalue weighted by Gasteiger charge is -2.17. The first-order valence-electron chi connectivity index (χ1n) is 9.53. The van der Waals surface area contributed by atoms with Gasteiger partial charge in [0.15, 0.2) is 11.8 Å². The van der Waals surface area contributed by atoms with Crippen molar-refractivity contribution < 1.29 is 9.13 Å². The zero-order chi connectivity index (χ0) is 20.5. The van der Waals surface area contributed by atoms with Gasteiger partial charge in [0.1, 0.15) is 17.7 Å². The summed E-state index contributed by atoms with van der Waals surface area (Å²) in [6, 6.07) is 11.7. The lowest BCUT2D eigenvalue weighted by molar-refractivity contribution is 0.223. The Morgan fingerprint density at radius 3 is 2.76 bits per heavy atom. The molecule has 0 aliphatic rings. The Kier molecular flexibility index (Phi) is 7.16. The SMILES string of the molecule is CCNC(=NCc1ccnc(-n2cccn2)c1)NCC(C)Oc1ccc(F)cc1. The molecule has 8 heteroatoms. The van der Waals surface area contributed by atoms with Gasteiger partial charge in [-0.05, 0) is 61.9 Å². The summed E-state index contributed by atoms with van der Waals surface area (Å²) >= 11 is 0. The monoisotopic (exact) mass is 396 g/mol. The minimum Gasteiger partial charge on any atom is -0.489 e. The van der Waals surface area contributed by atoms with E-state index in [4.69, 9.17) is 4.74 Å². The lowest BCUT2D eigenvalue weighted by Crippen LogP contribution is -2.41. The molecule has 1 atom stereocenters. The minimum atomic E-state index is -0.281. The van der Waals surface area contributed by atoms with Crippen LogP contribution in [0.4, 0.5) is 4.39 Å². The fourth-order valence-corrected chi connectivity index (χ4v) is 2.63. The van der Waals surface area contributed by atoms with E-state index in [1.807, 2.05) is 38.2 Å². The van der Waals surface area contributed by atoms with Crippen molar-refractivity contribution in [3.63, 3.8) is 0 Å². The Labute approximate surface area is 169 Å². The van der Waals surface area contributed by atoms with Crippen molar-refractivity contribution in [2.24, 2.45) is 4.99 Å². The molecule has 0 radical (unpaired) electrons. The van der Waals surface area contributed by atoms with Gasteiger partial charge in [0, 0.05) is 25.1 Å². The number of rotatable bonds is 8. The highest BCUT2D eigenvalue weighted by Crippen LogP contribution is 2.12. The van der Waals surface area contributed by atoms with E-state index >= 15 is 0 Å². The molecule has 0 fully saturated rings. The summed E-state index contributed by atoms with van der Waals surface area (Å²) in [5.74, 6) is 1.79. The van der Waals surface area contributed by atoms with Gasteiger partial charge in [-0.3, -0.25) is 0 Å². The van der Waals surface area contributed by atoms with Crippen LogP contribution in [-0.4, -0.2) is 39.9 Å². The molecule has 0 amide bonds. The van der Waals surface area contributed by atoms with Crippen molar-refractivity contribution in [2.75, 3.05) is 13.1 Å². The van der Waals surface area contributed by atoms with Gasteiger partial charge in [-0.2, -0.15) is 5.10 Å². The molecule has 3 aromatic rings. The molecule has 0 saturated heterocycles. The normalized spacial score (nSPS) is 12.4. The molecular formula is C21H25FN6O. The number of hydrogen-bond acceptors (Lipinski definition) is 4. The Balaban J connectivity index is 1.57. The number of pyridine rings is 1. The number of benzene rings is 1. The van der Waals surface area contributed by atoms with E-state index < -0.39 is 0 Å². The molecule has 0 aliphatic carbocycles. The van der Waals surface area contributed by atoms with E-state index in [1.54, 1.807) is 29.2 Å². The summed E-state index contributed by atoms with van der Waals surface area (Å²) in [7, 11) is 0. The van der Waals surface area contributed by atoms with Crippen LogP contribution in [0.3, 0.4) is 0 Å². The molecule has 2 heterocycles. The predicted molar refractivity (Wildman–Crippen MR) is 111 cm³/mol. The quantitative estimate of drug-likeness (QED) is 0.452. The number of nitrogens with zero attached hydrogens (tertiary/aromatic N) is 4. The first-order valence-corrected chi connectivity index (χ1v) is 9.53. The number of nitrogens with one attached hydrogen (secondary N) is 2. The second-order valence-corrected chi connectivity index (χ2v) is 6.43. The molecule has 7 nitrogen and oxygen atoms in total. The Morgan fingerprint density at radius 2 is 2.03 bits per heavy atom. The zero-order valence-corrected chi connectivity index (χ0v) is 16.5. The van der Waals surface area contributed by atoms with E-state index in [-0.39, 0.29) is 11.9 Å². The molecule has 1 unspecified atom stereocenters. The third-order valence-corrected chi connectivity index (χ3v) is 4.02. The lowest BCUT2D eigenvalue weighted by atomic mass is 10.2. The maximum absolute atomic E-state index is 13.0. The summed E-state index contributed by atoms with van der Waals surface area (Å²) in [6.45, 7) is 5.75. The summed E-state index contributed by atoms with van der Waals surface area (Å²) in [5, 5.41) is 10.7. The fourth-order valence-electron chi connectivity index (χ4n) is 2.63. The number of aromatic nitrogens is 3. The molecule has 0 bridgehead atoms. The molecule has 2 aromatic heterocycles. The summed E-state index contributed by atoms with van der Waals surface area (Å²) < 4.78 is 20.5. The Hall–Kier alpha value is -3.42. The van der Waals surface area contributed by atoms with Crippen LogP contribution in [0.15, 0.2) is 66.0 Å². The van der Waals surface area contributed by atoms with Gasteiger partial charge in [-0.25, -0.2) is 19.0 Å². The average Bonchev–Trinajstić information content (AvgIpc) is 3.27. The maximum atomic E-state index is 13.0. The maximum Gasteiger partial charge on any atom is 0.191 e. The Bertz CT molecular complexity index is 911. The predicted octanol–water partition coefficient (Wildman–Crippen LogP) is 2.93. The number of halogens is 1. The van der Waals surface area contributed by atoms with E-state index in [0.717, 1.165) is 17.9 Å². The second kappa shape index (κ2) is 10.2. The highest BCUT2D eigenvalue weighted by molar-refractivity contribution is 5.79. The van der Waals surface area contributed by atoms with Crippen molar-refractivity contribution in [2.45, 2.75) is 26.5 Å². The van der Waals surface area contributed by atoms with Crippen LogP contribution in [0.5, 0.6) is 5.75 Å². The second-order valence-electron chi connectivity index (χ2n) is 6.43. The number of hydrogen-bond donors (Lipinski definition) is 2. The van der Waals surface area contributed by atoms with Gasteiger partial charge in [0.25, 0.3) is 0 Å². The highest BCUT2D eigenvalue weighted by atomic mass is 19.1. The topological polar surface area (TPSA) is 76.4 Å². The number of aliphatic imine (C=N–C) groups is 1. The smallest absolute Gasteiger partial charge is 0.191 e. The molecule has 2 N–H and O–H groups in total. The van der Waals surface area contributed by atoms with Gasteiger partial charge in [-0.15, -0.1) is 0 Å². The van der Waals surface area contributed by atoms with Crippen LogP contribution in [0.2, 0.25) is 0 Å². The van der Waals surface area contributed by atoms with Crippen LogP contribution in [-0.2, 0) is 6.54 Å². The van der Waals surface area contributed by atoms with Crippen molar-refractivity contribution in [3.8, 4) is 11.6 Å². The summed E-state index contributed by atoms with van der Waals surface area (Å²) in [4.78, 5) is 8.96. The number of guanidine groups is 1. The summed E-state index contributed by atoms with van der Waals surface area (Å²) in [6.07, 6.45) is 5.20. The first kappa shape index (κ1) is 20.3. The summed E-state index contributed by atoms with van der Waals surface area (Å²) in [5.41, 5.74) is 1.03. The average molecular weight is 396 g/mol. The molecular weight excluding hydrogens is 371 g/mol. The van der Waals surface area contributed by atoms with E-state index in [2.05, 4.69) is 25.7 Å². The van der Waals surface area contributed by atoms with Crippen LogP contribution in [0.1, 0.15) is 19.4 Å². The van der Waals surface area contributed by atoms with Crippen LogP contribution in [0, 0.1) is 5.82 Å². The molecule has 0 aliphatic heterocycles. The number of ether oxygens (including phenoxy) is 1. The van der Waals surface area contributed by atoms with E-state index in [0.29, 0.717) is 24.8 Å². The van der Waals surface area contributed by atoms with Gasteiger partial charge in [0.05, 0.1) is 13.1 Å². The van der Waals surface area contributed by atoms with Crippen LogP contribution < -0.4 is 15.4 Å². The van der Waals surface area contributed by atoms with Crippen molar-refractivity contribution in [3.05, 3.63) is 72.4 Å². The van der Waals surface area contributed by atoms with Crippen molar-refractivity contribution in [1.82, 2.24) is 25.4 Å². The third-order valence-electron chi connectivity index (χ3n) is 4.02. The van der Waals surface area contributed by atoms with Crippen LogP contribution >= 0.6 is 0 Å². The fraction of sp³-hybridized carbons (Fsp3) is 0.286. The van der Waals surface area contributed by atoms with Gasteiger partial charge >= 0.3 is 0 Å². The largest absolute Gasteiger partial charge is 0.489 e. The van der Waals surface area contributed by atoms with Gasteiger partial charge < -0.3 is 15.4 Å². The van der Waals surface area contributed by atoms with E-state index in [1.165, 1.54) is 12.1 Å². The van der Waals surface area contributed by atoms with Gasteiger partial charge in [-0.1, -0.05) is 0 Å². The zero-order valence-electron chi connectivity index (χ0n) is 16.5. The molecule has 152 valence electrons. The Morgan fingerprint density at radius 1 is 1.21 bits per heavy atom. The third kappa shape index (κ3) is 6.31. The van der Waals surface area contributed by atoms with Crippen molar-refractivity contribution >= 4 is 5.96 Å². The molecule has 0 spiro atoms.